The maximum Gasteiger partial charge on any atom is 0.0933 e. The molecule has 1 saturated heterocycles. The van der Waals surface area contributed by atoms with Crippen LogP contribution < -0.4 is 5.73 Å². The van der Waals surface area contributed by atoms with Gasteiger partial charge in [-0.3, -0.25) is 9.88 Å². The van der Waals surface area contributed by atoms with Gasteiger partial charge in [-0.2, -0.15) is 0 Å². The molecule has 0 aromatic carbocycles. The Balaban J connectivity index is 1.95. The Hall–Kier alpha value is -1.01. The number of rotatable bonds is 4. The molecule has 1 aromatic heterocycles. The van der Waals surface area contributed by atoms with Gasteiger partial charge in [0.1, 0.15) is 0 Å². The normalized spacial score (nSPS) is 21.6. The van der Waals surface area contributed by atoms with Crippen LogP contribution in [0.4, 0.5) is 0 Å². The maximum absolute atomic E-state index is 9.08. The molecule has 5 nitrogen and oxygen atoms in total. The molecule has 1 aliphatic rings. The first-order valence-electron chi connectivity index (χ1n) is 5.90. The lowest BCUT2D eigenvalue weighted by atomic mass is 10.2. The Morgan fingerprint density at radius 3 is 3.24 bits per heavy atom. The Bertz CT molecular complexity index is 359. The number of aliphatic hydroxyl groups excluding tert-OH is 1. The van der Waals surface area contributed by atoms with Crippen LogP contribution in [0.1, 0.15) is 11.3 Å². The van der Waals surface area contributed by atoms with Gasteiger partial charge in [-0.05, 0) is 17.7 Å². The smallest absolute Gasteiger partial charge is 0.0933 e. The van der Waals surface area contributed by atoms with E-state index in [2.05, 4.69) is 9.88 Å². The zero-order chi connectivity index (χ0) is 12.1. The second-order valence-corrected chi connectivity index (χ2v) is 4.27. The molecule has 17 heavy (non-hydrogen) atoms. The zero-order valence-electron chi connectivity index (χ0n) is 9.88. The van der Waals surface area contributed by atoms with Crippen molar-refractivity contribution in [2.45, 2.75) is 19.2 Å². The number of aliphatic hydroxyl groups is 1. The molecule has 1 aliphatic heterocycles. The van der Waals surface area contributed by atoms with Crippen LogP contribution in [-0.2, 0) is 17.8 Å². The van der Waals surface area contributed by atoms with Crippen LogP contribution in [0.15, 0.2) is 18.3 Å². The second-order valence-electron chi connectivity index (χ2n) is 4.27. The molecule has 2 heterocycles. The van der Waals surface area contributed by atoms with Crippen molar-refractivity contribution in [3.05, 3.63) is 29.6 Å². The SMILES string of the molecule is NCc1cc(CN2CCOC(CO)C2)ccn1. The highest BCUT2D eigenvalue weighted by Gasteiger charge is 2.19. The van der Waals surface area contributed by atoms with Crippen LogP contribution in [0.2, 0.25) is 0 Å². The number of aromatic nitrogens is 1. The molecule has 1 atom stereocenters. The number of hydrogen-bond donors (Lipinski definition) is 2. The van der Waals surface area contributed by atoms with Gasteiger partial charge >= 0.3 is 0 Å². The highest BCUT2D eigenvalue weighted by Crippen LogP contribution is 2.10. The quantitative estimate of drug-likeness (QED) is 0.754. The zero-order valence-corrected chi connectivity index (χ0v) is 9.88. The van der Waals surface area contributed by atoms with E-state index in [0.717, 1.165) is 25.3 Å². The summed E-state index contributed by atoms with van der Waals surface area (Å²) in [5, 5.41) is 9.08. The first kappa shape index (κ1) is 12.4. The predicted molar refractivity (Wildman–Crippen MR) is 64.2 cm³/mol. The lowest BCUT2D eigenvalue weighted by molar-refractivity contribution is -0.0551. The van der Waals surface area contributed by atoms with E-state index in [1.54, 1.807) is 6.20 Å². The summed E-state index contributed by atoms with van der Waals surface area (Å²) < 4.78 is 5.42. The molecule has 2 rings (SSSR count). The molecule has 0 saturated carbocycles. The molecule has 1 aromatic rings. The Labute approximate surface area is 101 Å². The number of morpholine rings is 1. The van der Waals surface area contributed by atoms with Crippen LogP contribution in [0.25, 0.3) is 0 Å². The highest BCUT2D eigenvalue weighted by atomic mass is 16.5. The molecule has 0 aliphatic carbocycles. The fourth-order valence-corrected chi connectivity index (χ4v) is 2.03. The molecule has 1 fully saturated rings. The van der Waals surface area contributed by atoms with Crippen molar-refractivity contribution in [3.63, 3.8) is 0 Å². The van der Waals surface area contributed by atoms with Gasteiger partial charge in [0.05, 0.1) is 25.0 Å². The van der Waals surface area contributed by atoms with Gasteiger partial charge < -0.3 is 15.6 Å². The van der Waals surface area contributed by atoms with Gasteiger partial charge in [0, 0.05) is 32.4 Å². The van der Waals surface area contributed by atoms with Crippen molar-refractivity contribution in [1.29, 1.82) is 0 Å². The number of nitrogens with zero attached hydrogens (tertiary/aromatic N) is 2. The largest absolute Gasteiger partial charge is 0.394 e. The van der Waals surface area contributed by atoms with Crippen LogP contribution >= 0.6 is 0 Å². The van der Waals surface area contributed by atoms with Crippen molar-refractivity contribution in [2.75, 3.05) is 26.3 Å². The first-order chi connectivity index (χ1) is 8.31. The number of ether oxygens (including phenoxy) is 1. The van der Waals surface area contributed by atoms with Gasteiger partial charge in [-0.15, -0.1) is 0 Å². The third-order valence-corrected chi connectivity index (χ3v) is 2.92. The highest BCUT2D eigenvalue weighted by molar-refractivity contribution is 5.16. The summed E-state index contributed by atoms with van der Waals surface area (Å²) in [6.07, 6.45) is 1.74. The number of hydrogen-bond acceptors (Lipinski definition) is 5. The molecule has 3 N–H and O–H groups in total. The fraction of sp³-hybridized carbons (Fsp3) is 0.583. The van der Waals surface area contributed by atoms with Gasteiger partial charge in [-0.1, -0.05) is 0 Å². The van der Waals surface area contributed by atoms with E-state index in [4.69, 9.17) is 15.6 Å². The van der Waals surface area contributed by atoms with E-state index < -0.39 is 0 Å². The van der Waals surface area contributed by atoms with Crippen molar-refractivity contribution >= 4 is 0 Å². The van der Waals surface area contributed by atoms with Crippen LogP contribution in [0, 0.1) is 0 Å². The Morgan fingerprint density at radius 2 is 2.47 bits per heavy atom. The summed E-state index contributed by atoms with van der Waals surface area (Å²) in [7, 11) is 0. The summed E-state index contributed by atoms with van der Waals surface area (Å²) >= 11 is 0. The third-order valence-electron chi connectivity index (χ3n) is 2.92. The Morgan fingerprint density at radius 1 is 1.59 bits per heavy atom. The monoisotopic (exact) mass is 237 g/mol. The minimum atomic E-state index is -0.0560. The first-order valence-corrected chi connectivity index (χ1v) is 5.90. The fourth-order valence-electron chi connectivity index (χ4n) is 2.03. The second kappa shape index (κ2) is 6.07. The third kappa shape index (κ3) is 3.47. The van der Waals surface area contributed by atoms with E-state index in [-0.39, 0.29) is 12.7 Å². The summed E-state index contributed by atoms with van der Waals surface area (Å²) in [6.45, 7) is 3.76. The number of pyridine rings is 1. The summed E-state index contributed by atoms with van der Waals surface area (Å²) in [5.41, 5.74) is 7.69. The standard InChI is InChI=1S/C12H19N3O2/c13-6-11-5-10(1-2-14-11)7-15-3-4-17-12(8-15)9-16/h1-2,5,12,16H,3-4,6-9,13H2. The average molecular weight is 237 g/mol. The van der Waals surface area contributed by atoms with Crippen LogP contribution in [0.5, 0.6) is 0 Å². The van der Waals surface area contributed by atoms with E-state index >= 15 is 0 Å². The predicted octanol–water partition coefficient (Wildman–Crippen LogP) is -0.267. The lowest BCUT2D eigenvalue weighted by Crippen LogP contribution is -2.43. The van der Waals surface area contributed by atoms with Crippen molar-refractivity contribution in [2.24, 2.45) is 5.73 Å². The molecular formula is C12H19N3O2. The van der Waals surface area contributed by atoms with Gasteiger partial charge in [-0.25, -0.2) is 0 Å². The van der Waals surface area contributed by atoms with Gasteiger partial charge in [0.15, 0.2) is 0 Å². The van der Waals surface area contributed by atoms with Crippen LogP contribution in [0.3, 0.4) is 0 Å². The molecule has 94 valence electrons. The summed E-state index contributed by atoms with van der Waals surface area (Å²) in [5.74, 6) is 0. The van der Waals surface area contributed by atoms with Gasteiger partial charge in [0.2, 0.25) is 0 Å². The summed E-state index contributed by atoms with van der Waals surface area (Å²) in [6, 6.07) is 4.03. The molecule has 1 unspecified atom stereocenters. The van der Waals surface area contributed by atoms with Gasteiger partial charge in [0.25, 0.3) is 0 Å². The molecule has 0 radical (unpaired) electrons. The lowest BCUT2D eigenvalue weighted by Gasteiger charge is -2.32. The minimum absolute atomic E-state index is 0.0560. The van der Waals surface area contributed by atoms with Crippen molar-refractivity contribution in [1.82, 2.24) is 9.88 Å². The molecule has 0 bridgehead atoms. The maximum atomic E-state index is 9.08. The Kier molecular flexibility index (Phi) is 4.44. The van der Waals surface area contributed by atoms with Crippen molar-refractivity contribution in [3.8, 4) is 0 Å². The molecule has 5 heteroatoms. The summed E-state index contributed by atoms with van der Waals surface area (Å²) in [4.78, 5) is 6.45. The van der Waals surface area contributed by atoms with E-state index in [1.165, 1.54) is 5.56 Å². The van der Waals surface area contributed by atoms with E-state index in [0.29, 0.717) is 13.2 Å². The van der Waals surface area contributed by atoms with E-state index in [1.807, 2.05) is 12.1 Å². The minimum Gasteiger partial charge on any atom is -0.394 e. The number of nitrogens with two attached hydrogens (primary N) is 1. The molecular weight excluding hydrogens is 218 g/mol. The topological polar surface area (TPSA) is 71.6 Å². The van der Waals surface area contributed by atoms with E-state index in [9.17, 15) is 0 Å². The molecule has 0 spiro atoms. The van der Waals surface area contributed by atoms with Crippen molar-refractivity contribution < 1.29 is 9.84 Å². The molecule has 0 amide bonds. The van der Waals surface area contributed by atoms with Crippen LogP contribution in [-0.4, -0.2) is 47.4 Å². The average Bonchev–Trinajstić information content (AvgIpc) is 2.39.